The highest BCUT2D eigenvalue weighted by atomic mass is 16.3. The normalized spacial score (nSPS) is 11.8. The Balaban J connectivity index is 0.000000105. The summed E-state index contributed by atoms with van der Waals surface area (Å²) in [6, 6.07) is 195. The number of anilines is 9. The van der Waals surface area contributed by atoms with Crippen LogP contribution in [0.25, 0.3) is 239 Å². The molecule has 0 amide bonds. The fourth-order valence-corrected chi connectivity index (χ4v) is 23.4. The average molecular weight is 1890 g/mol. The van der Waals surface area contributed by atoms with Crippen LogP contribution < -0.4 is 14.7 Å². The standard InChI is InChI=1S/C52H33NO.C46H29NO.C44H27NO/c1-4-14-43-36(10-1)12-9-18-50(43)53(41-30-26-38-27-31-47-46-17-7-8-19-51(46)54-52(47)49(38)33-41)40-28-24-35(25-29-40)34-20-22-37(23-21-34)48-32-39-11-2-3-13-42(39)44-15-5-6-16-45(44)48;1-4-14-37-30(10-1)12-9-18-44(37)47(35-26-22-32-23-27-41-40-17-7-8-19-45(40)48-46(41)43(32)29-35)34-24-20-31(21-25-34)42-28-33-11-2-3-13-36(33)38-15-5-6-16-39(38)42;1-3-13-32-28(11-1)26-41(37-17-7-5-15-35(32)37)45(42-27-29-12-2-4-14-33(29)36-16-6-8-18-38(36)42)31-22-24-34-30(25-31)21-23-40-39-19-9-10-20-43(39)46-44(34)40/h1-33H;1-29H;1-27H. The SMILES string of the molecule is c1ccc2c(N(c3ccc(-c4cc5ccccc5c5ccccc45)cc3)c3ccc4ccc5c6ccccc6oc5c4c3)cccc2c1.c1ccc2c(N(c3ccc(-c4ccc(-c5cc6ccccc6c6ccccc56)cc4)cc3)c3ccc4ccc5c6ccccc6oc5c4c3)cccc2c1.c1ccc2c(c1)cc(N(c1ccc3c(ccc4c5ccccc5oc34)c1)c1cc3ccccc3c3ccccc13)c1ccccc12. The topological polar surface area (TPSA) is 49.1 Å². The van der Waals surface area contributed by atoms with Gasteiger partial charge in [-0.3, -0.25) is 0 Å². The molecule has 0 spiro atoms. The number of hydrogen-bond donors (Lipinski definition) is 0. The number of rotatable bonds is 12. The number of nitrogens with zero attached hydrogens (tertiary/aromatic N) is 3. The summed E-state index contributed by atoms with van der Waals surface area (Å²) in [5.74, 6) is 0. The largest absolute Gasteiger partial charge is 0.455 e. The maximum Gasteiger partial charge on any atom is 0.143 e. The highest BCUT2D eigenvalue weighted by Gasteiger charge is 2.27. The molecule has 0 aliphatic carbocycles. The van der Waals surface area contributed by atoms with Crippen molar-refractivity contribution in [3.05, 3.63) is 540 Å². The van der Waals surface area contributed by atoms with E-state index in [0.717, 1.165) is 149 Å². The Kier molecular flexibility index (Phi) is 20.2. The monoisotopic (exact) mass is 1880 g/mol. The Bertz CT molecular complexity index is 10700. The van der Waals surface area contributed by atoms with E-state index in [1.54, 1.807) is 0 Å². The molecule has 6 nitrogen and oxygen atoms in total. The second-order valence-corrected chi connectivity index (χ2v) is 38.7. The molecule has 0 radical (unpaired) electrons. The summed E-state index contributed by atoms with van der Waals surface area (Å²) in [7, 11) is 0. The summed E-state index contributed by atoms with van der Waals surface area (Å²) in [5.41, 5.74) is 22.8. The Hall–Kier alpha value is -19.7. The molecule has 690 valence electrons. The van der Waals surface area contributed by atoms with Gasteiger partial charge in [-0.1, -0.05) is 400 Å². The van der Waals surface area contributed by atoms with E-state index >= 15 is 0 Å². The van der Waals surface area contributed by atoms with Crippen molar-refractivity contribution in [3.8, 4) is 33.4 Å². The van der Waals surface area contributed by atoms with Gasteiger partial charge in [-0.2, -0.15) is 0 Å². The minimum Gasteiger partial charge on any atom is -0.455 e. The molecule has 31 aromatic rings. The first-order valence-corrected chi connectivity index (χ1v) is 50.7. The van der Waals surface area contributed by atoms with Crippen LogP contribution in [0.15, 0.2) is 553 Å². The first kappa shape index (κ1) is 85.1. The first-order chi connectivity index (χ1) is 73.4. The maximum atomic E-state index is 6.50. The predicted octanol–water partition coefficient (Wildman–Crippen LogP) is 41.2. The number of para-hydroxylation sites is 3. The van der Waals surface area contributed by atoms with Gasteiger partial charge < -0.3 is 28.0 Å². The second-order valence-electron chi connectivity index (χ2n) is 38.7. The molecule has 28 aromatic carbocycles. The molecule has 0 fully saturated rings. The zero-order valence-corrected chi connectivity index (χ0v) is 80.5. The smallest absolute Gasteiger partial charge is 0.143 e. The molecule has 0 aliphatic rings. The van der Waals surface area contributed by atoms with Crippen LogP contribution in [0.5, 0.6) is 0 Å². The van der Waals surface area contributed by atoms with Gasteiger partial charge in [0.15, 0.2) is 0 Å². The van der Waals surface area contributed by atoms with Gasteiger partial charge in [-0.15, -0.1) is 0 Å². The zero-order valence-electron chi connectivity index (χ0n) is 80.5. The van der Waals surface area contributed by atoms with Gasteiger partial charge in [0.05, 0.1) is 22.7 Å². The minimum absolute atomic E-state index is 0.908. The minimum atomic E-state index is 0.908. The molecule has 0 unspecified atom stereocenters. The van der Waals surface area contributed by atoms with Gasteiger partial charge in [0.1, 0.15) is 33.5 Å². The van der Waals surface area contributed by atoms with E-state index in [1.165, 1.54) is 141 Å². The summed E-state index contributed by atoms with van der Waals surface area (Å²) in [6.45, 7) is 0. The van der Waals surface area contributed by atoms with E-state index in [1.807, 2.05) is 36.4 Å². The Labute approximate surface area is 852 Å². The number of hydrogen-bond acceptors (Lipinski definition) is 6. The third-order valence-electron chi connectivity index (χ3n) is 30.4. The van der Waals surface area contributed by atoms with Gasteiger partial charge in [0.25, 0.3) is 0 Å². The van der Waals surface area contributed by atoms with Crippen LogP contribution in [0, 0.1) is 0 Å². The maximum absolute atomic E-state index is 6.50. The molecule has 0 saturated carbocycles. The van der Waals surface area contributed by atoms with Crippen LogP contribution in [0.3, 0.4) is 0 Å². The molecule has 3 heterocycles. The number of furan rings is 3. The number of fused-ring (bicyclic) bond motifs is 29. The van der Waals surface area contributed by atoms with Crippen molar-refractivity contribution in [1.82, 2.24) is 0 Å². The summed E-state index contributed by atoms with van der Waals surface area (Å²) in [6.07, 6.45) is 0. The molecule has 148 heavy (non-hydrogen) atoms. The molecule has 0 N–H and O–H groups in total. The highest BCUT2D eigenvalue weighted by molar-refractivity contribution is 6.24. The zero-order chi connectivity index (χ0) is 97.4. The fraction of sp³-hybridized carbons (Fsp3) is 0. The molecular weight excluding hydrogens is 1800 g/mol. The highest BCUT2D eigenvalue weighted by Crippen LogP contribution is 2.52. The van der Waals surface area contributed by atoms with E-state index in [9.17, 15) is 0 Å². The van der Waals surface area contributed by atoms with Crippen molar-refractivity contribution in [2.75, 3.05) is 14.7 Å². The van der Waals surface area contributed by atoms with Gasteiger partial charge in [0, 0.05) is 98.5 Å². The molecule has 0 bridgehead atoms. The molecule has 0 saturated heterocycles. The van der Waals surface area contributed by atoms with Crippen molar-refractivity contribution in [2.45, 2.75) is 0 Å². The third kappa shape index (κ3) is 14.4. The van der Waals surface area contributed by atoms with E-state index in [2.05, 4.69) is 518 Å². The Morgan fingerprint density at radius 3 is 0.770 bits per heavy atom. The Morgan fingerprint density at radius 1 is 0.115 bits per heavy atom. The van der Waals surface area contributed by atoms with Crippen molar-refractivity contribution in [1.29, 1.82) is 0 Å². The lowest BCUT2D eigenvalue weighted by atomic mass is 9.92. The van der Waals surface area contributed by atoms with Crippen LogP contribution in [-0.2, 0) is 0 Å². The molecule has 0 aliphatic heterocycles. The molecular formula is C142H89N3O3. The van der Waals surface area contributed by atoms with Crippen molar-refractivity contribution >= 4 is 257 Å². The lowest BCUT2D eigenvalue weighted by molar-refractivity contribution is 0.672. The summed E-state index contributed by atoms with van der Waals surface area (Å²) in [4.78, 5) is 7.22. The average Bonchev–Trinajstić information content (AvgIpc) is 1.23. The van der Waals surface area contributed by atoms with E-state index in [0.29, 0.717) is 0 Å². The third-order valence-corrected chi connectivity index (χ3v) is 30.4. The van der Waals surface area contributed by atoms with Crippen LogP contribution in [0.2, 0.25) is 0 Å². The van der Waals surface area contributed by atoms with Gasteiger partial charge in [-0.05, 0) is 275 Å². The fourth-order valence-electron chi connectivity index (χ4n) is 23.4. The predicted molar refractivity (Wildman–Crippen MR) is 629 cm³/mol. The lowest BCUT2D eigenvalue weighted by Gasteiger charge is -2.29. The van der Waals surface area contributed by atoms with Crippen LogP contribution in [0.4, 0.5) is 51.2 Å². The summed E-state index contributed by atoms with van der Waals surface area (Å²) >= 11 is 0. The molecule has 6 heteroatoms. The van der Waals surface area contributed by atoms with E-state index < -0.39 is 0 Å². The summed E-state index contributed by atoms with van der Waals surface area (Å²) < 4.78 is 19.4. The van der Waals surface area contributed by atoms with Crippen molar-refractivity contribution < 1.29 is 13.3 Å². The van der Waals surface area contributed by atoms with Gasteiger partial charge in [-0.25, -0.2) is 0 Å². The van der Waals surface area contributed by atoms with E-state index in [4.69, 9.17) is 13.3 Å². The van der Waals surface area contributed by atoms with Crippen molar-refractivity contribution in [3.63, 3.8) is 0 Å². The molecule has 0 atom stereocenters. The van der Waals surface area contributed by atoms with Crippen molar-refractivity contribution in [2.24, 2.45) is 0 Å². The van der Waals surface area contributed by atoms with Crippen LogP contribution >= 0.6 is 0 Å². The van der Waals surface area contributed by atoms with Gasteiger partial charge >= 0.3 is 0 Å². The Morgan fingerprint density at radius 2 is 0.365 bits per heavy atom. The summed E-state index contributed by atoms with van der Waals surface area (Å²) in [5, 5.41) is 38.5. The molecule has 31 rings (SSSR count). The lowest BCUT2D eigenvalue weighted by Crippen LogP contribution is -2.11. The van der Waals surface area contributed by atoms with E-state index in [-0.39, 0.29) is 0 Å². The van der Waals surface area contributed by atoms with Gasteiger partial charge in [0.2, 0.25) is 0 Å². The number of benzene rings is 28. The first-order valence-electron chi connectivity index (χ1n) is 50.7. The van der Waals surface area contributed by atoms with Crippen LogP contribution in [0.1, 0.15) is 0 Å². The molecule has 3 aromatic heterocycles. The quantitative estimate of drug-likeness (QED) is 0.114. The second kappa shape index (κ2) is 35.2. The van der Waals surface area contributed by atoms with Crippen LogP contribution in [-0.4, -0.2) is 0 Å².